The van der Waals surface area contributed by atoms with Crippen molar-refractivity contribution < 1.29 is 22.3 Å². The molecule has 2 aliphatic rings. The van der Waals surface area contributed by atoms with Gasteiger partial charge in [-0.2, -0.15) is 4.39 Å². The zero-order valence-corrected chi connectivity index (χ0v) is 17.7. The Hall–Kier alpha value is -2.56. The molecule has 1 saturated carbocycles. The molecule has 3 unspecified atom stereocenters. The van der Waals surface area contributed by atoms with E-state index in [0.29, 0.717) is 11.8 Å². The fraction of sp³-hybridized carbons (Fsp3) is 0.385. The van der Waals surface area contributed by atoms with Crippen LogP contribution in [0.15, 0.2) is 42.5 Å². The molecule has 0 spiro atoms. The second-order valence-electron chi connectivity index (χ2n) is 8.38. The summed E-state index contributed by atoms with van der Waals surface area (Å²) in [5, 5.41) is 0. The zero-order valence-electron chi connectivity index (χ0n) is 17.7. The Balaban J connectivity index is 1.62. The molecule has 164 valence electrons. The predicted molar refractivity (Wildman–Crippen MR) is 115 cm³/mol. The van der Waals surface area contributed by atoms with Gasteiger partial charge in [-0.15, -0.1) is 0 Å². The number of benzene rings is 2. The van der Waals surface area contributed by atoms with Gasteiger partial charge in [0.15, 0.2) is 23.2 Å². The number of halogens is 4. The van der Waals surface area contributed by atoms with Gasteiger partial charge in [0, 0.05) is 16.7 Å². The summed E-state index contributed by atoms with van der Waals surface area (Å²) in [6.07, 6.45) is 11.4. The molecule has 2 aromatic carbocycles. The maximum Gasteiger partial charge on any atom is 0.201 e. The van der Waals surface area contributed by atoms with E-state index in [2.05, 4.69) is 12.2 Å². The first kappa shape index (κ1) is 21.7. The van der Waals surface area contributed by atoms with E-state index in [1.165, 1.54) is 31.4 Å². The van der Waals surface area contributed by atoms with Crippen LogP contribution in [0.1, 0.15) is 44.6 Å². The number of allylic oxidation sites excluding steroid dienone is 4. The third kappa shape index (κ3) is 3.79. The Morgan fingerprint density at radius 3 is 2.26 bits per heavy atom. The van der Waals surface area contributed by atoms with Crippen molar-refractivity contribution in [1.29, 1.82) is 0 Å². The molecule has 0 amide bonds. The first-order valence-electron chi connectivity index (χ1n) is 10.8. The van der Waals surface area contributed by atoms with Gasteiger partial charge < -0.3 is 4.74 Å². The lowest BCUT2D eigenvalue weighted by Gasteiger charge is -2.20. The number of fused-ring (bicyclic) bond motifs is 1. The summed E-state index contributed by atoms with van der Waals surface area (Å²) in [7, 11) is 1.21. The second-order valence-corrected chi connectivity index (χ2v) is 8.38. The molecule has 4 rings (SSSR count). The monoisotopic (exact) mass is 430 g/mol. The van der Waals surface area contributed by atoms with Gasteiger partial charge in [0.05, 0.1) is 7.11 Å². The Labute approximate surface area is 180 Å². The molecule has 0 heterocycles. The lowest BCUT2D eigenvalue weighted by Crippen LogP contribution is -2.11. The van der Waals surface area contributed by atoms with E-state index < -0.39 is 23.3 Å². The number of methoxy groups -OCH3 is 1. The molecule has 2 aromatic rings. The highest BCUT2D eigenvalue weighted by atomic mass is 19.2. The Morgan fingerprint density at radius 2 is 1.55 bits per heavy atom. The Bertz CT molecular complexity index is 1040. The average Bonchev–Trinajstić information content (AvgIpc) is 3.36. The van der Waals surface area contributed by atoms with Crippen LogP contribution in [0.2, 0.25) is 0 Å². The molecule has 0 aromatic heterocycles. The van der Waals surface area contributed by atoms with Gasteiger partial charge in [0.2, 0.25) is 5.82 Å². The summed E-state index contributed by atoms with van der Waals surface area (Å²) in [6, 6.07) is 5.24. The molecule has 0 bridgehead atoms. The average molecular weight is 430 g/mol. The van der Waals surface area contributed by atoms with Crippen molar-refractivity contribution in [3.05, 3.63) is 71.3 Å². The topological polar surface area (TPSA) is 9.23 Å². The number of ether oxygens (including phenoxy) is 1. The van der Waals surface area contributed by atoms with Crippen LogP contribution >= 0.6 is 0 Å². The molecule has 0 N–H and O–H groups in total. The smallest absolute Gasteiger partial charge is 0.201 e. The van der Waals surface area contributed by atoms with Gasteiger partial charge in [-0.1, -0.05) is 30.4 Å². The van der Waals surface area contributed by atoms with Crippen molar-refractivity contribution in [3.8, 4) is 16.9 Å². The minimum Gasteiger partial charge on any atom is -0.494 e. The quantitative estimate of drug-likeness (QED) is 0.337. The molecule has 31 heavy (non-hydrogen) atoms. The van der Waals surface area contributed by atoms with Gasteiger partial charge in [-0.05, 0) is 74.5 Å². The standard InChI is InChI=1S/C26H26F4O/c1-3-4-5-6-15-7-8-17-16(15)9-10-18(17)19-11-12-20(24(28)23(19)27)21-13-14-22(31-2)26(30)25(21)29/h3-4,10-17H,5-9H2,1-2H3/b4-3+. The summed E-state index contributed by atoms with van der Waals surface area (Å²) in [6.45, 7) is 2.01. The molecule has 0 aliphatic heterocycles. The van der Waals surface area contributed by atoms with Crippen LogP contribution in [0.3, 0.4) is 0 Å². The minimum atomic E-state index is -1.26. The van der Waals surface area contributed by atoms with E-state index in [1.807, 2.05) is 13.0 Å². The first-order valence-corrected chi connectivity index (χ1v) is 10.8. The van der Waals surface area contributed by atoms with Crippen LogP contribution in [0.5, 0.6) is 5.75 Å². The van der Waals surface area contributed by atoms with Gasteiger partial charge in [-0.25, -0.2) is 13.2 Å². The van der Waals surface area contributed by atoms with Gasteiger partial charge in [0.25, 0.3) is 0 Å². The zero-order chi connectivity index (χ0) is 22.1. The Kier molecular flexibility index (Phi) is 6.22. The van der Waals surface area contributed by atoms with E-state index in [0.717, 1.165) is 37.7 Å². The maximum absolute atomic E-state index is 15.1. The van der Waals surface area contributed by atoms with Crippen molar-refractivity contribution in [3.63, 3.8) is 0 Å². The van der Waals surface area contributed by atoms with Crippen LogP contribution in [0, 0.1) is 41.0 Å². The van der Waals surface area contributed by atoms with E-state index in [9.17, 15) is 13.2 Å². The van der Waals surface area contributed by atoms with E-state index in [4.69, 9.17) is 4.74 Å². The Morgan fingerprint density at radius 1 is 0.903 bits per heavy atom. The molecule has 0 radical (unpaired) electrons. The molecule has 1 fully saturated rings. The summed E-state index contributed by atoms with van der Waals surface area (Å²) in [4.78, 5) is 0. The molecule has 3 atom stereocenters. The summed E-state index contributed by atoms with van der Waals surface area (Å²) in [5.74, 6) is -3.64. The fourth-order valence-electron chi connectivity index (χ4n) is 5.33. The lowest BCUT2D eigenvalue weighted by atomic mass is 9.84. The molecule has 1 nitrogen and oxygen atoms in total. The SMILES string of the molecule is C/C=C/CCC1CCC2C(c3ccc(-c4ccc(OC)c(F)c4F)c(F)c3F)=CCC12. The highest BCUT2D eigenvalue weighted by Gasteiger charge is 2.41. The highest BCUT2D eigenvalue weighted by molar-refractivity contribution is 5.74. The molecular weight excluding hydrogens is 404 g/mol. The molecule has 5 heteroatoms. The largest absolute Gasteiger partial charge is 0.494 e. The van der Waals surface area contributed by atoms with Crippen molar-refractivity contribution in [2.24, 2.45) is 17.8 Å². The summed E-state index contributed by atoms with van der Waals surface area (Å²) < 4.78 is 63.4. The second kappa shape index (κ2) is 8.89. The van der Waals surface area contributed by atoms with Crippen LogP contribution < -0.4 is 4.74 Å². The summed E-state index contributed by atoms with van der Waals surface area (Å²) >= 11 is 0. The van der Waals surface area contributed by atoms with Crippen molar-refractivity contribution in [2.75, 3.05) is 7.11 Å². The normalized spacial score (nSPS) is 22.8. The van der Waals surface area contributed by atoms with Crippen LogP contribution in [0.25, 0.3) is 16.7 Å². The van der Waals surface area contributed by atoms with Crippen LogP contribution in [0.4, 0.5) is 17.6 Å². The number of rotatable bonds is 6. The first-order chi connectivity index (χ1) is 15.0. The minimum absolute atomic E-state index is 0.227. The molecule has 0 saturated heterocycles. The predicted octanol–water partition coefficient (Wildman–Crippen LogP) is 7.70. The lowest BCUT2D eigenvalue weighted by molar-refractivity contribution is 0.352. The van der Waals surface area contributed by atoms with Crippen molar-refractivity contribution in [1.82, 2.24) is 0 Å². The van der Waals surface area contributed by atoms with Crippen molar-refractivity contribution >= 4 is 5.57 Å². The van der Waals surface area contributed by atoms with E-state index in [-0.39, 0.29) is 28.4 Å². The van der Waals surface area contributed by atoms with Gasteiger partial charge in [-0.3, -0.25) is 0 Å². The van der Waals surface area contributed by atoms with E-state index >= 15 is 4.39 Å². The molecular formula is C26H26F4O. The molecule has 2 aliphatic carbocycles. The van der Waals surface area contributed by atoms with Gasteiger partial charge in [0.1, 0.15) is 0 Å². The maximum atomic E-state index is 15.1. The highest BCUT2D eigenvalue weighted by Crippen LogP contribution is 2.53. The van der Waals surface area contributed by atoms with Crippen molar-refractivity contribution in [2.45, 2.75) is 39.0 Å². The van der Waals surface area contributed by atoms with Gasteiger partial charge >= 0.3 is 0 Å². The van der Waals surface area contributed by atoms with E-state index in [1.54, 1.807) is 0 Å². The van der Waals surface area contributed by atoms with Crippen LogP contribution in [-0.4, -0.2) is 7.11 Å². The third-order valence-electron chi connectivity index (χ3n) is 6.87. The number of hydrogen-bond donors (Lipinski definition) is 0. The van der Waals surface area contributed by atoms with Crippen LogP contribution in [-0.2, 0) is 0 Å². The number of hydrogen-bond acceptors (Lipinski definition) is 1. The fourth-order valence-corrected chi connectivity index (χ4v) is 5.33. The third-order valence-corrected chi connectivity index (χ3v) is 6.87. The summed E-state index contributed by atoms with van der Waals surface area (Å²) in [5.41, 5.74) is 0.454.